The monoisotopic (exact) mass is 398 g/mol. The molecule has 0 amide bonds. The fraction of sp³-hybridized carbons (Fsp3) is 0.500. The van der Waals surface area contributed by atoms with Crippen molar-refractivity contribution in [2.24, 2.45) is 0 Å². The average molecular weight is 399 g/mol. The van der Waals surface area contributed by atoms with Crippen LogP contribution in [0.5, 0.6) is 0 Å². The van der Waals surface area contributed by atoms with Crippen LogP contribution < -0.4 is 9.44 Å². The first-order valence-electron chi connectivity index (χ1n) is 6.41. The van der Waals surface area contributed by atoms with Gasteiger partial charge in [0.05, 0.1) is 10.6 Å². The summed E-state index contributed by atoms with van der Waals surface area (Å²) in [6.07, 6.45) is 0.377. The first kappa shape index (κ1) is 18.6. The molecule has 0 fully saturated rings. The Labute approximate surface area is 134 Å². The van der Waals surface area contributed by atoms with Crippen molar-refractivity contribution < 1.29 is 16.8 Å². The summed E-state index contributed by atoms with van der Waals surface area (Å²) in [5, 5.41) is 0. The second kappa shape index (κ2) is 7.68. The van der Waals surface area contributed by atoms with Gasteiger partial charge in [-0.3, -0.25) is 0 Å². The second-order valence-electron chi connectivity index (χ2n) is 4.48. The van der Waals surface area contributed by atoms with Crippen LogP contribution in [-0.4, -0.2) is 35.7 Å². The van der Waals surface area contributed by atoms with E-state index in [4.69, 9.17) is 0 Å². The molecular weight excluding hydrogens is 380 g/mol. The van der Waals surface area contributed by atoms with Crippen LogP contribution in [0.2, 0.25) is 0 Å². The van der Waals surface area contributed by atoms with E-state index < -0.39 is 20.0 Å². The topological polar surface area (TPSA) is 92.3 Å². The first-order valence-corrected chi connectivity index (χ1v) is 10.3. The Bertz CT molecular complexity index is 687. The van der Waals surface area contributed by atoms with Crippen molar-refractivity contribution in [1.82, 2.24) is 9.44 Å². The zero-order valence-corrected chi connectivity index (χ0v) is 15.1. The molecule has 6 nitrogen and oxygen atoms in total. The van der Waals surface area contributed by atoms with E-state index in [1.165, 1.54) is 6.07 Å². The van der Waals surface area contributed by atoms with Gasteiger partial charge < -0.3 is 0 Å². The summed E-state index contributed by atoms with van der Waals surface area (Å²) in [4.78, 5) is 0.169. The van der Waals surface area contributed by atoms with E-state index in [1.807, 2.05) is 6.92 Å². The van der Waals surface area contributed by atoms with Gasteiger partial charge in [-0.1, -0.05) is 6.07 Å². The predicted molar refractivity (Wildman–Crippen MR) is 86.1 cm³/mol. The Kier molecular flexibility index (Phi) is 6.79. The molecule has 2 N–H and O–H groups in total. The van der Waals surface area contributed by atoms with Gasteiger partial charge in [0.1, 0.15) is 0 Å². The number of nitrogens with one attached hydrogen (secondary N) is 2. The molecule has 0 heterocycles. The van der Waals surface area contributed by atoms with Gasteiger partial charge >= 0.3 is 0 Å². The lowest BCUT2D eigenvalue weighted by atomic mass is 10.2. The quantitative estimate of drug-likeness (QED) is 0.646. The van der Waals surface area contributed by atoms with E-state index in [0.29, 0.717) is 10.9 Å². The summed E-state index contributed by atoms with van der Waals surface area (Å²) < 4.78 is 51.9. The van der Waals surface area contributed by atoms with Crippen molar-refractivity contribution in [2.45, 2.75) is 25.2 Å². The van der Waals surface area contributed by atoms with Gasteiger partial charge in [0.2, 0.25) is 20.0 Å². The lowest BCUT2D eigenvalue weighted by Gasteiger charge is -2.09. The molecule has 1 aromatic carbocycles. The molecule has 0 unspecified atom stereocenters. The fourth-order valence-corrected chi connectivity index (χ4v) is 4.45. The molecule has 0 atom stereocenters. The highest BCUT2D eigenvalue weighted by Crippen LogP contribution is 2.22. The molecule has 0 aliphatic rings. The zero-order valence-electron chi connectivity index (χ0n) is 11.9. The van der Waals surface area contributed by atoms with Gasteiger partial charge in [-0.05, 0) is 53.9 Å². The van der Waals surface area contributed by atoms with Crippen LogP contribution in [0.3, 0.4) is 0 Å². The first-order chi connectivity index (χ1) is 9.68. The summed E-state index contributed by atoms with van der Waals surface area (Å²) in [5.41, 5.74) is 0.954. The second-order valence-corrected chi connectivity index (χ2v) is 9.17. The number of hydrogen-bond donors (Lipinski definition) is 2. The molecule has 9 heteroatoms. The molecule has 0 saturated heterocycles. The Balaban J connectivity index is 2.54. The molecule has 0 spiro atoms. The third-order valence-corrected chi connectivity index (χ3v) is 6.57. The Morgan fingerprint density at radius 3 is 2.29 bits per heavy atom. The normalized spacial score (nSPS) is 12.5. The van der Waals surface area contributed by atoms with Crippen molar-refractivity contribution in [3.05, 3.63) is 28.2 Å². The summed E-state index contributed by atoms with van der Waals surface area (Å²) in [6.45, 7) is 3.77. The van der Waals surface area contributed by atoms with Gasteiger partial charge in [-0.2, -0.15) is 0 Å². The maximum absolute atomic E-state index is 12.1. The van der Waals surface area contributed by atoms with Crippen molar-refractivity contribution in [3.63, 3.8) is 0 Å². The predicted octanol–water partition coefficient (Wildman–Crippen LogP) is 1.37. The van der Waals surface area contributed by atoms with Gasteiger partial charge in [-0.25, -0.2) is 26.3 Å². The number of sulfonamides is 2. The molecule has 0 saturated carbocycles. The summed E-state index contributed by atoms with van der Waals surface area (Å²) in [7, 11) is -6.84. The van der Waals surface area contributed by atoms with Crippen LogP contribution in [0.4, 0.5) is 0 Å². The molecule has 0 aliphatic heterocycles. The zero-order chi connectivity index (χ0) is 16.1. The SMILES string of the molecule is CCS(=O)(=O)NCCCNS(=O)(=O)c1ccc(C)cc1Br. The van der Waals surface area contributed by atoms with E-state index in [0.717, 1.165) is 5.56 Å². The fourth-order valence-electron chi connectivity index (χ4n) is 1.53. The third-order valence-electron chi connectivity index (χ3n) is 2.72. The molecular formula is C12H19BrN2O4S2. The van der Waals surface area contributed by atoms with E-state index in [-0.39, 0.29) is 23.7 Å². The minimum Gasteiger partial charge on any atom is -0.215 e. The van der Waals surface area contributed by atoms with Gasteiger partial charge in [0.25, 0.3) is 0 Å². The van der Waals surface area contributed by atoms with Crippen LogP contribution >= 0.6 is 15.9 Å². The van der Waals surface area contributed by atoms with E-state index in [1.54, 1.807) is 19.1 Å². The summed E-state index contributed by atoms with van der Waals surface area (Å²) in [6, 6.07) is 4.97. The minimum absolute atomic E-state index is 0.00897. The molecule has 0 aromatic heterocycles. The van der Waals surface area contributed by atoms with Crippen LogP contribution in [0.1, 0.15) is 18.9 Å². The van der Waals surface area contributed by atoms with Gasteiger partial charge in [-0.15, -0.1) is 0 Å². The van der Waals surface area contributed by atoms with Gasteiger partial charge in [0.15, 0.2) is 0 Å². The maximum Gasteiger partial charge on any atom is 0.241 e. The smallest absolute Gasteiger partial charge is 0.215 e. The van der Waals surface area contributed by atoms with Crippen LogP contribution in [-0.2, 0) is 20.0 Å². The molecule has 0 aliphatic carbocycles. The molecule has 1 aromatic rings. The Hall–Kier alpha value is -0.480. The highest BCUT2D eigenvalue weighted by Gasteiger charge is 2.16. The van der Waals surface area contributed by atoms with E-state index in [2.05, 4.69) is 25.4 Å². The molecule has 21 heavy (non-hydrogen) atoms. The third kappa shape index (κ3) is 6.03. The summed E-state index contributed by atoms with van der Waals surface area (Å²) >= 11 is 3.23. The van der Waals surface area contributed by atoms with Crippen molar-refractivity contribution >= 4 is 36.0 Å². The highest BCUT2D eigenvalue weighted by molar-refractivity contribution is 9.10. The Morgan fingerprint density at radius 2 is 1.71 bits per heavy atom. The number of halogens is 1. The van der Waals surface area contributed by atoms with Crippen LogP contribution in [0, 0.1) is 6.92 Å². The van der Waals surface area contributed by atoms with E-state index in [9.17, 15) is 16.8 Å². The number of benzene rings is 1. The number of aryl methyl sites for hydroxylation is 1. The number of rotatable bonds is 8. The Morgan fingerprint density at radius 1 is 1.10 bits per heavy atom. The van der Waals surface area contributed by atoms with E-state index >= 15 is 0 Å². The van der Waals surface area contributed by atoms with Crippen LogP contribution in [0.25, 0.3) is 0 Å². The standard InChI is InChI=1S/C12H19BrN2O4S2/c1-3-20(16,17)14-7-4-8-15-21(18,19)12-6-5-10(2)9-11(12)13/h5-6,9,14-15H,3-4,7-8H2,1-2H3. The average Bonchev–Trinajstić information content (AvgIpc) is 2.37. The maximum atomic E-state index is 12.1. The molecule has 1 rings (SSSR count). The lowest BCUT2D eigenvalue weighted by molar-refractivity contribution is 0.572. The lowest BCUT2D eigenvalue weighted by Crippen LogP contribution is -2.30. The molecule has 120 valence electrons. The molecule has 0 radical (unpaired) electrons. The summed E-state index contributed by atoms with van der Waals surface area (Å²) in [5.74, 6) is 0.00897. The van der Waals surface area contributed by atoms with Crippen molar-refractivity contribution in [1.29, 1.82) is 0 Å². The van der Waals surface area contributed by atoms with Crippen molar-refractivity contribution in [2.75, 3.05) is 18.8 Å². The minimum atomic E-state index is -3.60. The van der Waals surface area contributed by atoms with Gasteiger partial charge in [0, 0.05) is 17.6 Å². The molecule has 0 bridgehead atoms. The largest absolute Gasteiger partial charge is 0.241 e. The highest BCUT2D eigenvalue weighted by atomic mass is 79.9. The van der Waals surface area contributed by atoms with Crippen LogP contribution in [0.15, 0.2) is 27.6 Å². The van der Waals surface area contributed by atoms with Crippen molar-refractivity contribution in [3.8, 4) is 0 Å². The number of hydrogen-bond acceptors (Lipinski definition) is 4.